The molecule has 0 saturated carbocycles. The first-order valence-corrected chi connectivity index (χ1v) is 8.26. The third kappa shape index (κ3) is 2.85. The van der Waals surface area contributed by atoms with Gasteiger partial charge in [-0.2, -0.15) is 9.97 Å². The zero-order valence-electron chi connectivity index (χ0n) is 13.4. The van der Waals surface area contributed by atoms with Gasteiger partial charge in [0.2, 0.25) is 11.8 Å². The highest BCUT2D eigenvalue weighted by molar-refractivity contribution is 5.82. The largest absolute Gasteiger partial charge is 0.493 e. The van der Waals surface area contributed by atoms with E-state index < -0.39 is 0 Å². The summed E-state index contributed by atoms with van der Waals surface area (Å²) >= 11 is 0. The van der Waals surface area contributed by atoms with Gasteiger partial charge in [0, 0.05) is 6.54 Å². The van der Waals surface area contributed by atoms with Crippen molar-refractivity contribution < 1.29 is 5.11 Å². The number of aryl methyl sites for hydroxylation is 1. The van der Waals surface area contributed by atoms with E-state index >= 15 is 0 Å². The van der Waals surface area contributed by atoms with Crippen LogP contribution >= 0.6 is 0 Å². The molecular formula is C19H20N4O. The van der Waals surface area contributed by atoms with Crippen molar-refractivity contribution >= 4 is 22.5 Å². The molecule has 5 nitrogen and oxygen atoms in total. The van der Waals surface area contributed by atoms with E-state index in [-0.39, 0.29) is 11.8 Å². The summed E-state index contributed by atoms with van der Waals surface area (Å²) in [5.74, 6) is 1.22. The Kier molecular flexibility index (Phi) is 3.69. The average Bonchev–Trinajstić information content (AvgIpc) is 2.60. The lowest BCUT2D eigenvalue weighted by Gasteiger charge is -2.25. The molecule has 0 fully saturated rings. The number of benzene rings is 2. The minimum Gasteiger partial charge on any atom is -0.493 e. The lowest BCUT2D eigenvalue weighted by Crippen LogP contribution is -2.25. The Balaban J connectivity index is 1.46. The van der Waals surface area contributed by atoms with E-state index in [2.05, 4.69) is 57.7 Å². The standard InChI is InChI=1S/C19H20N4O/c20-19-22-17-16(18(24)23-19)10-13(11-21-17)6-5-12-7-8-14-3-1-2-4-15(14)9-12/h1-4,7-9,13H,5-6,10-11H2,(H4,20,21,22,23,24). The van der Waals surface area contributed by atoms with Gasteiger partial charge in [0.25, 0.3) is 0 Å². The Morgan fingerprint density at radius 2 is 1.96 bits per heavy atom. The molecule has 5 heteroatoms. The first-order valence-electron chi connectivity index (χ1n) is 8.26. The molecule has 122 valence electrons. The third-order valence-corrected chi connectivity index (χ3v) is 4.71. The van der Waals surface area contributed by atoms with Crippen LogP contribution < -0.4 is 11.1 Å². The zero-order valence-corrected chi connectivity index (χ0v) is 13.4. The van der Waals surface area contributed by atoms with Gasteiger partial charge in [-0.1, -0.05) is 42.5 Å². The molecule has 1 atom stereocenters. The number of nitrogens with zero attached hydrogens (tertiary/aromatic N) is 2. The lowest BCUT2D eigenvalue weighted by atomic mass is 9.90. The number of rotatable bonds is 3. The van der Waals surface area contributed by atoms with Crippen molar-refractivity contribution in [3.05, 3.63) is 53.6 Å². The van der Waals surface area contributed by atoms with Crippen molar-refractivity contribution in [1.29, 1.82) is 0 Å². The van der Waals surface area contributed by atoms with Gasteiger partial charge in [0.1, 0.15) is 5.82 Å². The highest BCUT2D eigenvalue weighted by Gasteiger charge is 2.23. The van der Waals surface area contributed by atoms with Gasteiger partial charge < -0.3 is 16.2 Å². The van der Waals surface area contributed by atoms with Gasteiger partial charge in [-0.05, 0) is 41.5 Å². The van der Waals surface area contributed by atoms with E-state index in [0.29, 0.717) is 11.7 Å². The van der Waals surface area contributed by atoms with Crippen LogP contribution in [-0.4, -0.2) is 21.6 Å². The summed E-state index contributed by atoms with van der Waals surface area (Å²) < 4.78 is 0. The van der Waals surface area contributed by atoms with E-state index in [1.807, 2.05) is 0 Å². The summed E-state index contributed by atoms with van der Waals surface area (Å²) in [5.41, 5.74) is 7.70. The van der Waals surface area contributed by atoms with E-state index in [0.717, 1.165) is 31.4 Å². The number of nitrogen functional groups attached to an aromatic ring is 1. The second-order valence-electron chi connectivity index (χ2n) is 6.40. The van der Waals surface area contributed by atoms with E-state index in [9.17, 15) is 5.11 Å². The number of fused-ring (bicyclic) bond motifs is 2. The summed E-state index contributed by atoms with van der Waals surface area (Å²) in [4.78, 5) is 8.01. The van der Waals surface area contributed by atoms with Crippen LogP contribution in [0.5, 0.6) is 5.88 Å². The quantitative estimate of drug-likeness (QED) is 0.690. The molecule has 4 rings (SSSR count). The van der Waals surface area contributed by atoms with Gasteiger partial charge in [0.15, 0.2) is 0 Å². The van der Waals surface area contributed by atoms with Crippen LogP contribution in [0.2, 0.25) is 0 Å². The van der Waals surface area contributed by atoms with Gasteiger partial charge in [-0.3, -0.25) is 0 Å². The number of aromatic hydroxyl groups is 1. The molecule has 1 unspecified atom stereocenters. The first kappa shape index (κ1) is 14.8. The number of nitrogens with two attached hydrogens (primary N) is 1. The maximum Gasteiger partial charge on any atom is 0.225 e. The molecule has 0 radical (unpaired) electrons. The molecule has 1 aromatic heterocycles. The minimum atomic E-state index is 0.000375. The number of hydrogen-bond donors (Lipinski definition) is 3. The molecular weight excluding hydrogens is 300 g/mol. The Hall–Kier alpha value is -2.82. The summed E-state index contributed by atoms with van der Waals surface area (Å²) in [6.07, 6.45) is 2.85. The molecule has 0 amide bonds. The van der Waals surface area contributed by atoms with Crippen molar-refractivity contribution in [2.45, 2.75) is 19.3 Å². The lowest BCUT2D eigenvalue weighted by molar-refractivity contribution is 0.425. The molecule has 0 saturated heterocycles. The average molecular weight is 320 g/mol. The number of anilines is 2. The highest BCUT2D eigenvalue weighted by Crippen LogP contribution is 2.31. The first-order chi connectivity index (χ1) is 11.7. The van der Waals surface area contributed by atoms with Crippen LogP contribution in [0.25, 0.3) is 10.8 Å². The van der Waals surface area contributed by atoms with Crippen LogP contribution in [-0.2, 0) is 12.8 Å². The van der Waals surface area contributed by atoms with Gasteiger partial charge in [0.05, 0.1) is 5.56 Å². The van der Waals surface area contributed by atoms with Crippen molar-refractivity contribution in [2.75, 3.05) is 17.6 Å². The Morgan fingerprint density at radius 1 is 1.12 bits per heavy atom. The van der Waals surface area contributed by atoms with Gasteiger partial charge in [-0.15, -0.1) is 0 Å². The molecule has 1 aliphatic heterocycles. The molecule has 0 bridgehead atoms. The van der Waals surface area contributed by atoms with Gasteiger partial charge >= 0.3 is 0 Å². The molecule has 4 N–H and O–H groups in total. The van der Waals surface area contributed by atoms with Crippen molar-refractivity contribution in [3.63, 3.8) is 0 Å². The maximum atomic E-state index is 9.99. The molecule has 24 heavy (non-hydrogen) atoms. The van der Waals surface area contributed by atoms with Crippen molar-refractivity contribution in [1.82, 2.24) is 9.97 Å². The Labute approximate surface area is 140 Å². The normalized spacial score (nSPS) is 16.6. The summed E-state index contributed by atoms with van der Waals surface area (Å²) in [7, 11) is 0. The molecule has 3 aromatic rings. The summed E-state index contributed by atoms with van der Waals surface area (Å²) in [6, 6.07) is 15.1. The molecule has 0 spiro atoms. The van der Waals surface area contributed by atoms with Crippen molar-refractivity contribution in [3.8, 4) is 5.88 Å². The minimum absolute atomic E-state index is 0.000375. The number of hydrogen-bond acceptors (Lipinski definition) is 5. The van der Waals surface area contributed by atoms with Crippen LogP contribution in [0.1, 0.15) is 17.5 Å². The smallest absolute Gasteiger partial charge is 0.225 e. The Bertz CT molecular complexity index is 894. The molecule has 2 aromatic carbocycles. The van der Waals surface area contributed by atoms with Crippen LogP contribution in [0.15, 0.2) is 42.5 Å². The number of aromatic nitrogens is 2. The molecule has 2 heterocycles. The summed E-state index contributed by atoms with van der Waals surface area (Å²) in [6.45, 7) is 0.844. The third-order valence-electron chi connectivity index (χ3n) is 4.71. The predicted molar refractivity (Wildman–Crippen MR) is 96.1 cm³/mol. The fraction of sp³-hybridized carbons (Fsp3) is 0.263. The topological polar surface area (TPSA) is 84.1 Å². The second-order valence-corrected chi connectivity index (χ2v) is 6.40. The molecule has 0 aliphatic carbocycles. The monoisotopic (exact) mass is 320 g/mol. The van der Waals surface area contributed by atoms with Gasteiger partial charge in [-0.25, -0.2) is 0 Å². The summed E-state index contributed by atoms with van der Waals surface area (Å²) in [5, 5.41) is 15.8. The fourth-order valence-corrected chi connectivity index (χ4v) is 3.39. The SMILES string of the molecule is Nc1nc(O)c2c(n1)NCC(CCc1ccc3ccccc3c1)C2. The molecule has 1 aliphatic rings. The Morgan fingerprint density at radius 3 is 2.83 bits per heavy atom. The van der Waals surface area contributed by atoms with E-state index in [1.54, 1.807) is 0 Å². The maximum absolute atomic E-state index is 9.99. The second kappa shape index (κ2) is 6.00. The number of nitrogens with one attached hydrogen (secondary N) is 1. The predicted octanol–water partition coefficient (Wildman–Crippen LogP) is 3.13. The van der Waals surface area contributed by atoms with E-state index in [4.69, 9.17) is 5.73 Å². The van der Waals surface area contributed by atoms with Crippen LogP contribution in [0.3, 0.4) is 0 Å². The highest BCUT2D eigenvalue weighted by atomic mass is 16.3. The van der Waals surface area contributed by atoms with Crippen molar-refractivity contribution in [2.24, 2.45) is 5.92 Å². The zero-order chi connectivity index (χ0) is 16.5. The fourth-order valence-electron chi connectivity index (χ4n) is 3.39. The van der Waals surface area contributed by atoms with Crippen LogP contribution in [0.4, 0.5) is 11.8 Å². The van der Waals surface area contributed by atoms with Crippen LogP contribution in [0, 0.1) is 5.92 Å². The van der Waals surface area contributed by atoms with E-state index in [1.165, 1.54) is 16.3 Å².